The number of aliphatic hydroxyl groups excluding tert-OH is 1. The fourth-order valence-electron chi connectivity index (χ4n) is 0.631. The Balaban J connectivity index is 3.36. The molecule has 0 bridgehead atoms. The normalized spacial score (nSPS) is 12.6. The molecular formula is C7H16N2O2. The summed E-state index contributed by atoms with van der Waals surface area (Å²) in [6.45, 7) is 2.42. The van der Waals surface area contributed by atoms with Crippen LogP contribution in [-0.2, 0) is 4.79 Å². The SMILES string of the molecule is CNCCC(=O)N[C@H](C)CO. The standard InChI is InChI=1S/C7H16N2O2/c1-6(5-10)9-7(11)3-4-8-2/h6,8,10H,3-5H2,1-2H3,(H,9,11)/t6-/m1/s1. The lowest BCUT2D eigenvalue weighted by atomic mass is 10.3. The molecule has 3 N–H and O–H groups in total. The first-order chi connectivity index (χ1) is 5.20. The fourth-order valence-corrected chi connectivity index (χ4v) is 0.631. The highest BCUT2D eigenvalue weighted by atomic mass is 16.3. The Morgan fingerprint density at radius 3 is 2.73 bits per heavy atom. The van der Waals surface area contributed by atoms with Crippen LogP contribution in [0.25, 0.3) is 0 Å². The molecule has 0 saturated carbocycles. The van der Waals surface area contributed by atoms with E-state index in [0.29, 0.717) is 13.0 Å². The summed E-state index contributed by atoms with van der Waals surface area (Å²) >= 11 is 0. The van der Waals surface area contributed by atoms with Gasteiger partial charge in [-0.1, -0.05) is 0 Å². The Hall–Kier alpha value is -0.610. The maximum absolute atomic E-state index is 10.9. The van der Waals surface area contributed by atoms with Gasteiger partial charge < -0.3 is 15.7 Å². The zero-order valence-corrected chi connectivity index (χ0v) is 7.05. The minimum absolute atomic E-state index is 0.00864. The van der Waals surface area contributed by atoms with Crippen LogP contribution in [0.3, 0.4) is 0 Å². The summed E-state index contributed by atoms with van der Waals surface area (Å²) in [5.41, 5.74) is 0. The number of nitrogens with one attached hydrogen (secondary N) is 2. The summed E-state index contributed by atoms with van der Waals surface area (Å²) in [6, 6.07) is -0.139. The zero-order chi connectivity index (χ0) is 8.69. The summed E-state index contributed by atoms with van der Waals surface area (Å²) in [7, 11) is 1.79. The molecule has 4 nitrogen and oxygen atoms in total. The van der Waals surface area contributed by atoms with E-state index in [2.05, 4.69) is 10.6 Å². The van der Waals surface area contributed by atoms with Crippen molar-refractivity contribution < 1.29 is 9.90 Å². The molecule has 0 aromatic heterocycles. The van der Waals surface area contributed by atoms with Gasteiger partial charge >= 0.3 is 0 Å². The summed E-state index contributed by atoms with van der Waals surface area (Å²) in [6.07, 6.45) is 0.459. The Morgan fingerprint density at radius 2 is 2.27 bits per heavy atom. The van der Waals surface area contributed by atoms with Crippen LogP contribution in [0.5, 0.6) is 0 Å². The average molecular weight is 160 g/mol. The smallest absolute Gasteiger partial charge is 0.221 e. The van der Waals surface area contributed by atoms with Crippen molar-refractivity contribution in [2.24, 2.45) is 0 Å². The van der Waals surface area contributed by atoms with E-state index >= 15 is 0 Å². The number of hydrogen-bond donors (Lipinski definition) is 3. The van der Waals surface area contributed by atoms with Gasteiger partial charge in [0, 0.05) is 19.0 Å². The van der Waals surface area contributed by atoms with Crippen molar-refractivity contribution in [3.8, 4) is 0 Å². The Bertz CT molecular complexity index is 117. The third-order valence-corrected chi connectivity index (χ3v) is 1.28. The third kappa shape index (κ3) is 5.82. The first-order valence-corrected chi connectivity index (χ1v) is 3.75. The third-order valence-electron chi connectivity index (χ3n) is 1.28. The van der Waals surface area contributed by atoms with Crippen molar-refractivity contribution in [1.82, 2.24) is 10.6 Å². The van der Waals surface area contributed by atoms with Crippen LogP contribution in [0, 0.1) is 0 Å². The maximum atomic E-state index is 10.9. The molecule has 0 unspecified atom stereocenters. The molecule has 11 heavy (non-hydrogen) atoms. The molecule has 0 radical (unpaired) electrons. The van der Waals surface area contributed by atoms with Gasteiger partial charge in [0.05, 0.1) is 6.61 Å². The maximum Gasteiger partial charge on any atom is 0.221 e. The van der Waals surface area contributed by atoms with Crippen molar-refractivity contribution in [2.45, 2.75) is 19.4 Å². The predicted molar refractivity (Wildman–Crippen MR) is 43.2 cm³/mol. The first-order valence-electron chi connectivity index (χ1n) is 3.75. The van der Waals surface area contributed by atoms with Gasteiger partial charge in [-0.25, -0.2) is 0 Å². The first kappa shape index (κ1) is 10.4. The van der Waals surface area contributed by atoms with E-state index in [1.807, 2.05) is 0 Å². The monoisotopic (exact) mass is 160 g/mol. The van der Waals surface area contributed by atoms with Crippen LogP contribution >= 0.6 is 0 Å². The molecule has 0 rings (SSSR count). The van der Waals surface area contributed by atoms with E-state index < -0.39 is 0 Å². The molecule has 0 aliphatic rings. The largest absolute Gasteiger partial charge is 0.394 e. The van der Waals surface area contributed by atoms with Gasteiger partial charge in [0.1, 0.15) is 0 Å². The predicted octanol–water partition coefficient (Wildman–Crippen LogP) is -0.907. The van der Waals surface area contributed by atoms with Crippen LogP contribution in [0.2, 0.25) is 0 Å². The van der Waals surface area contributed by atoms with Gasteiger partial charge in [-0.05, 0) is 14.0 Å². The molecule has 0 heterocycles. The molecule has 66 valence electrons. The highest BCUT2D eigenvalue weighted by Gasteiger charge is 2.03. The van der Waals surface area contributed by atoms with E-state index in [9.17, 15) is 4.79 Å². The summed E-state index contributed by atoms with van der Waals surface area (Å²) in [5.74, 6) is -0.0269. The lowest BCUT2D eigenvalue weighted by molar-refractivity contribution is -0.121. The quantitative estimate of drug-likeness (QED) is 0.488. The molecule has 1 amide bonds. The van der Waals surface area contributed by atoms with E-state index in [1.54, 1.807) is 14.0 Å². The molecular weight excluding hydrogens is 144 g/mol. The Morgan fingerprint density at radius 1 is 1.64 bits per heavy atom. The van der Waals surface area contributed by atoms with Gasteiger partial charge in [-0.15, -0.1) is 0 Å². The number of hydrogen-bond acceptors (Lipinski definition) is 3. The number of carbonyl (C=O) groups is 1. The second-order valence-corrected chi connectivity index (χ2v) is 2.50. The van der Waals surface area contributed by atoms with Crippen molar-refractivity contribution >= 4 is 5.91 Å². The van der Waals surface area contributed by atoms with Gasteiger partial charge in [0.2, 0.25) is 5.91 Å². The second-order valence-electron chi connectivity index (χ2n) is 2.50. The van der Waals surface area contributed by atoms with Gasteiger partial charge in [-0.3, -0.25) is 4.79 Å². The van der Waals surface area contributed by atoms with Crippen molar-refractivity contribution in [1.29, 1.82) is 0 Å². The van der Waals surface area contributed by atoms with Crippen molar-refractivity contribution in [3.05, 3.63) is 0 Å². The lowest BCUT2D eigenvalue weighted by Gasteiger charge is -2.09. The number of carbonyl (C=O) groups excluding carboxylic acids is 1. The lowest BCUT2D eigenvalue weighted by Crippen LogP contribution is -2.36. The summed E-state index contributed by atoms with van der Waals surface area (Å²) in [4.78, 5) is 10.9. The highest BCUT2D eigenvalue weighted by Crippen LogP contribution is 1.81. The van der Waals surface area contributed by atoms with Crippen LogP contribution in [0.4, 0.5) is 0 Å². The molecule has 4 heteroatoms. The summed E-state index contributed by atoms with van der Waals surface area (Å²) in [5, 5.41) is 14.1. The average Bonchev–Trinajstić information content (AvgIpc) is 2.00. The van der Waals surface area contributed by atoms with Crippen molar-refractivity contribution in [2.75, 3.05) is 20.2 Å². The summed E-state index contributed by atoms with van der Waals surface area (Å²) < 4.78 is 0. The Labute approximate surface area is 67.0 Å². The molecule has 0 aliphatic carbocycles. The van der Waals surface area contributed by atoms with Gasteiger partial charge in [-0.2, -0.15) is 0 Å². The van der Waals surface area contributed by atoms with Crippen LogP contribution in [-0.4, -0.2) is 37.3 Å². The molecule has 0 spiro atoms. The highest BCUT2D eigenvalue weighted by molar-refractivity contribution is 5.76. The van der Waals surface area contributed by atoms with Crippen molar-refractivity contribution in [3.63, 3.8) is 0 Å². The molecule has 0 aromatic carbocycles. The second kappa shape index (κ2) is 6.12. The van der Waals surface area contributed by atoms with Crippen LogP contribution in [0.15, 0.2) is 0 Å². The molecule has 0 aliphatic heterocycles. The topological polar surface area (TPSA) is 61.4 Å². The molecule has 0 saturated heterocycles. The minimum Gasteiger partial charge on any atom is -0.394 e. The zero-order valence-electron chi connectivity index (χ0n) is 7.05. The molecule has 1 atom stereocenters. The number of rotatable bonds is 5. The number of aliphatic hydroxyl groups is 1. The number of amides is 1. The van der Waals surface area contributed by atoms with Crippen LogP contribution < -0.4 is 10.6 Å². The van der Waals surface area contributed by atoms with Gasteiger partial charge in [0.25, 0.3) is 0 Å². The van der Waals surface area contributed by atoms with Gasteiger partial charge in [0.15, 0.2) is 0 Å². The fraction of sp³-hybridized carbons (Fsp3) is 0.857. The van der Waals surface area contributed by atoms with E-state index in [-0.39, 0.29) is 18.6 Å². The van der Waals surface area contributed by atoms with E-state index in [4.69, 9.17) is 5.11 Å². The van der Waals surface area contributed by atoms with Crippen LogP contribution in [0.1, 0.15) is 13.3 Å². The Kier molecular flexibility index (Phi) is 5.78. The van der Waals surface area contributed by atoms with E-state index in [0.717, 1.165) is 0 Å². The van der Waals surface area contributed by atoms with E-state index in [1.165, 1.54) is 0 Å². The molecule has 0 aromatic rings. The minimum atomic E-state index is -0.139. The molecule has 0 fully saturated rings.